The normalized spacial score (nSPS) is 6.00. The molecule has 0 aromatic carbocycles. The topological polar surface area (TPSA) is 0 Å². The minimum atomic E-state index is 0. The molecule has 0 saturated carbocycles. The molecule has 1 radical (unpaired) electrons. The van der Waals surface area contributed by atoms with E-state index in [2.05, 4.69) is 19.6 Å². The first-order chi connectivity index (χ1) is 1.91. The standard InChI is InChI=1S/C3H8S.Co/c1-2-3-4;/h4H,2-3H2,1H3;. The fraction of sp³-hybridized carbons (Fsp3) is 1.00. The molecular weight excluding hydrogens is 127 g/mol. The van der Waals surface area contributed by atoms with Crippen LogP contribution in [0.5, 0.6) is 0 Å². The molecule has 0 amide bonds. The molecular formula is C3H8CoS. The smallest absolute Gasteiger partial charge is 0 e. The fourth-order valence-corrected chi connectivity index (χ4v) is 0. The molecule has 0 unspecified atom stereocenters. The summed E-state index contributed by atoms with van der Waals surface area (Å²) in [5.74, 6) is 1.01. The van der Waals surface area contributed by atoms with E-state index in [1.807, 2.05) is 0 Å². The summed E-state index contributed by atoms with van der Waals surface area (Å²) in [7, 11) is 0. The van der Waals surface area contributed by atoms with Crippen LogP contribution in [-0.2, 0) is 16.8 Å². The Labute approximate surface area is 48.9 Å². The molecule has 35 valence electrons. The quantitative estimate of drug-likeness (QED) is 0.515. The van der Waals surface area contributed by atoms with Crippen molar-refractivity contribution in [2.45, 2.75) is 13.3 Å². The molecule has 0 rings (SSSR count). The maximum absolute atomic E-state index is 3.92. The molecule has 0 N–H and O–H groups in total. The maximum Gasteiger partial charge on any atom is 0 e. The Bertz CT molecular complexity index is 8.85. The van der Waals surface area contributed by atoms with Crippen molar-refractivity contribution in [3.8, 4) is 0 Å². The van der Waals surface area contributed by atoms with Gasteiger partial charge in [0.2, 0.25) is 0 Å². The van der Waals surface area contributed by atoms with Gasteiger partial charge in [-0.15, -0.1) is 0 Å². The first-order valence-corrected chi connectivity index (χ1v) is 2.16. The molecule has 0 bridgehead atoms. The molecule has 0 aliphatic rings. The number of rotatable bonds is 1. The third kappa shape index (κ3) is 11.5. The van der Waals surface area contributed by atoms with Gasteiger partial charge in [0.1, 0.15) is 0 Å². The van der Waals surface area contributed by atoms with Crippen LogP contribution in [0.2, 0.25) is 0 Å². The van der Waals surface area contributed by atoms with Crippen molar-refractivity contribution in [2.24, 2.45) is 0 Å². The van der Waals surface area contributed by atoms with E-state index >= 15 is 0 Å². The molecule has 0 heterocycles. The number of hydrogen-bond acceptors (Lipinski definition) is 1. The van der Waals surface area contributed by atoms with E-state index in [9.17, 15) is 0 Å². The SMILES string of the molecule is CCCS.[Co]. The molecule has 0 spiro atoms. The van der Waals surface area contributed by atoms with Gasteiger partial charge in [-0.25, -0.2) is 0 Å². The molecule has 0 atom stereocenters. The van der Waals surface area contributed by atoms with Crippen LogP contribution in [0, 0.1) is 0 Å². The first-order valence-electron chi connectivity index (χ1n) is 1.52. The molecule has 0 aromatic heterocycles. The summed E-state index contributed by atoms with van der Waals surface area (Å²) < 4.78 is 0. The summed E-state index contributed by atoms with van der Waals surface area (Å²) >= 11 is 3.92. The molecule has 0 aromatic rings. The van der Waals surface area contributed by atoms with Gasteiger partial charge in [0.05, 0.1) is 0 Å². The largest absolute Gasteiger partial charge is 0.179 e. The number of hydrogen-bond donors (Lipinski definition) is 1. The molecule has 0 fully saturated rings. The Morgan fingerprint density at radius 2 is 1.80 bits per heavy atom. The average Bonchev–Trinajstić information content (AvgIpc) is 1.37. The molecule has 0 aliphatic carbocycles. The van der Waals surface area contributed by atoms with Gasteiger partial charge in [-0.05, 0) is 12.2 Å². The Kier molecular flexibility index (Phi) is 16.4. The van der Waals surface area contributed by atoms with E-state index in [1.54, 1.807) is 0 Å². The van der Waals surface area contributed by atoms with Gasteiger partial charge in [0, 0.05) is 16.8 Å². The molecule has 2 heteroatoms. The van der Waals surface area contributed by atoms with Crippen LogP contribution < -0.4 is 0 Å². The Balaban J connectivity index is 0. The van der Waals surface area contributed by atoms with Gasteiger partial charge in [0.15, 0.2) is 0 Å². The van der Waals surface area contributed by atoms with Gasteiger partial charge in [-0.3, -0.25) is 0 Å². The minimum Gasteiger partial charge on any atom is -0.179 e. The Morgan fingerprint density at radius 1 is 1.60 bits per heavy atom. The predicted octanol–water partition coefficient (Wildman–Crippen LogP) is 1.32. The Hall–Kier alpha value is 0.856. The van der Waals surface area contributed by atoms with Crippen molar-refractivity contribution in [1.29, 1.82) is 0 Å². The van der Waals surface area contributed by atoms with Gasteiger partial charge in [0.25, 0.3) is 0 Å². The summed E-state index contributed by atoms with van der Waals surface area (Å²) in [5, 5.41) is 0. The van der Waals surface area contributed by atoms with Gasteiger partial charge < -0.3 is 0 Å². The van der Waals surface area contributed by atoms with Crippen molar-refractivity contribution in [3.63, 3.8) is 0 Å². The van der Waals surface area contributed by atoms with Crippen LogP contribution >= 0.6 is 12.6 Å². The van der Waals surface area contributed by atoms with Crippen LogP contribution in [0.15, 0.2) is 0 Å². The monoisotopic (exact) mass is 135 g/mol. The molecule has 0 saturated heterocycles. The van der Waals surface area contributed by atoms with E-state index in [0.29, 0.717) is 0 Å². The van der Waals surface area contributed by atoms with E-state index in [1.165, 1.54) is 6.42 Å². The third-order valence-electron chi connectivity index (χ3n) is 0.224. The second-order valence-corrected chi connectivity index (χ2v) is 1.17. The van der Waals surface area contributed by atoms with Gasteiger partial charge >= 0.3 is 0 Å². The van der Waals surface area contributed by atoms with Crippen molar-refractivity contribution in [2.75, 3.05) is 5.75 Å². The van der Waals surface area contributed by atoms with Crippen LogP contribution in [0.4, 0.5) is 0 Å². The zero-order valence-electron chi connectivity index (χ0n) is 3.19. The summed E-state index contributed by atoms with van der Waals surface area (Å²) in [6.07, 6.45) is 1.18. The number of thiol groups is 1. The summed E-state index contributed by atoms with van der Waals surface area (Å²) in [6.45, 7) is 2.10. The Morgan fingerprint density at radius 3 is 1.80 bits per heavy atom. The zero-order valence-corrected chi connectivity index (χ0v) is 5.13. The van der Waals surface area contributed by atoms with Crippen molar-refractivity contribution in [3.05, 3.63) is 0 Å². The van der Waals surface area contributed by atoms with Crippen LogP contribution in [0.1, 0.15) is 13.3 Å². The molecule has 0 aliphatic heterocycles. The van der Waals surface area contributed by atoms with E-state index in [4.69, 9.17) is 0 Å². The van der Waals surface area contributed by atoms with Gasteiger partial charge in [-0.2, -0.15) is 12.6 Å². The van der Waals surface area contributed by atoms with Crippen molar-refractivity contribution < 1.29 is 16.8 Å². The summed E-state index contributed by atoms with van der Waals surface area (Å²) in [6, 6.07) is 0. The van der Waals surface area contributed by atoms with Crippen LogP contribution in [0.3, 0.4) is 0 Å². The predicted molar refractivity (Wildman–Crippen MR) is 24.1 cm³/mol. The van der Waals surface area contributed by atoms with Crippen LogP contribution in [0.25, 0.3) is 0 Å². The second-order valence-electron chi connectivity index (χ2n) is 0.724. The fourth-order valence-electron chi connectivity index (χ4n) is 0. The minimum absolute atomic E-state index is 0. The van der Waals surface area contributed by atoms with Crippen molar-refractivity contribution >= 4 is 12.6 Å². The first kappa shape index (κ1) is 9.29. The van der Waals surface area contributed by atoms with E-state index < -0.39 is 0 Å². The summed E-state index contributed by atoms with van der Waals surface area (Å²) in [4.78, 5) is 0. The van der Waals surface area contributed by atoms with Crippen molar-refractivity contribution in [1.82, 2.24) is 0 Å². The van der Waals surface area contributed by atoms with E-state index in [0.717, 1.165) is 5.75 Å². The molecule has 0 nitrogen and oxygen atoms in total. The van der Waals surface area contributed by atoms with Crippen LogP contribution in [-0.4, -0.2) is 5.75 Å². The zero-order chi connectivity index (χ0) is 3.41. The third-order valence-corrected chi connectivity index (χ3v) is 0.671. The van der Waals surface area contributed by atoms with E-state index in [-0.39, 0.29) is 16.8 Å². The average molecular weight is 135 g/mol. The molecule has 5 heavy (non-hydrogen) atoms. The maximum atomic E-state index is 3.92. The summed E-state index contributed by atoms with van der Waals surface area (Å²) in [5.41, 5.74) is 0. The van der Waals surface area contributed by atoms with Gasteiger partial charge in [-0.1, -0.05) is 6.92 Å². The second kappa shape index (κ2) is 8.85.